The Kier molecular flexibility index (Phi) is 5.43. The van der Waals surface area contributed by atoms with Gasteiger partial charge in [0.2, 0.25) is 0 Å². The van der Waals surface area contributed by atoms with Crippen LogP contribution < -0.4 is 10.2 Å². The van der Waals surface area contributed by atoms with Crippen LogP contribution in [0.3, 0.4) is 0 Å². The Balaban J connectivity index is 1.88. The number of nitrogens with one attached hydrogen (secondary N) is 2. The van der Waals surface area contributed by atoms with E-state index in [4.69, 9.17) is 23.2 Å². The summed E-state index contributed by atoms with van der Waals surface area (Å²) in [7, 11) is 1.99. The van der Waals surface area contributed by atoms with Crippen LogP contribution in [0.1, 0.15) is 4.88 Å². The molecule has 3 nitrogen and oxygen atoms in total. The van der Waals surface area contributed by atoms with E-state index >= 15 is 0 Å². The van der Waals surface area contributed by atoms with Crippen molar-refractivity contribution in [1.82, 2.24) is 0 Å². The van der Waals surface area contributed by atoms with Gasteiger partial charge in [0.25, 0.3) is 5.91 Å². The number of rotatable bonds is 5. The molecular formula is C14H15Cl2N2OS+. The monoisotopic (exact) mass is 329 g/mol. The minimum atomic E-state index is -0.0664. The van der Waals surface area contributed by atoms with Gasteiger partial charge in [-0.3, -0.25) is 4.79 Å². The van der Waals surface area contributed by atoms with E-state index in [0.29, 0.717) is 22.3 Å². The van der Waals surface area contributed by atoms with Crippen LogP contribution in [0.4, 0.5) is 5.69 Å². The first-order valence-electron chi connectivity index (χ1n) is 6.13. The number of amides is 1. The fourth-order valence-electron chi connectivity index (χ4n) is 1.83. The van der Waals surface area contributed by atoms with E-state index in [-0.39, 0.29) is 5.91 Å². The lowest BCUT2D eigenvalue weighted by Crippen LogP contribution is -3.08. The Morgan fingerprint density at radius 2 is 2.15 bits per heavy atom. The lowest BCUT2D eigenvalue weighted by Gasteiger charge is -2.13. The summed E-state index contributed by atoms with van der Waals surface area (Å²) in [4.78, 5) is 14.4. The zero-order chi connectivity index (χ0) is 14.5. The van der Waals surface area contributed by atoms with Crippen molar-refractivity contribution in [2.24, 2.45) is 0 Å². The quantitative estimate of drug-likeness (QED) is 0.868. The molecule has 1 unspecified atom stereocenters. The van der Waals surface area contributed by atoms with Gasteiger partial charge in [-0.2, -0.15) is 0 Å². The molecule has 2 aromatic rings. The van der Waals surface area contributed by atoms with E-state index < -0.39 is 0 Å². The molecule has 0 aliphatic heterocycles. The molecule has 1 atom stereocenters. The van der Waals surface area contributed by atoms with Gasteiger partial charge >= 0.3 is 0 Å². The number of benzene rings is 1. The largest absolute Gasteiger partial charge is 0.325 e. The standard InChI is InChI=1S/C14H14Cl2N2OS/c1-18(8-11-3-2-6-20-11)9-14(19)17-13-5-4-10(15)7-12(13)16/h2-7H,8-9H2,1H3,(H,17,19)/p+1. The minimum Gasteiger partial charge on any atom is -0.325 e. The van der Waals surface area contributed by atoms with Crippen molar-refractivity contribution in [2.45, 2.75) is 6.54 Å². The summed E-state index contributed by atoms with van der Waals surface area (Å²) in [5.41, 5.74) is 0.588. The molecule has 1 heterocycles. The molecule has 0 aliphatic carbocycles. The molecule has 0 saturated carbocycles. The molecular weight excluding hydrogens is 315 g/mol. The van der Waals surface area contributed by atoms with Gasteiger partial charge in [-0.1, -0.05) is 29.3 Å². The zero-order valence-electron chi connectivity index (χ0n) is 11.0. The number of likely N-dealkylation sites (N-methyl/N-ethyl adjacent to an activating group) is 1. The smallest absolute Gasteiger partial charge is 0.279 e. The number of halogens is 2. The van der Waals surface area contributed by atoms with Crippen molar-refractivity contribution in [3.8, 4) is 0 Å². The Morgan fingerprint density at radius 1 is 1.35 bits per heavy atom. The van der Waals surface area contributed by atoms with Crippen LogP contribution in [0.2, 0.25) is 10.0 Å². The average Bonchev–Trinajstić information content (AvgIpc) is 2.85. The van der Waals surface area contributed by atoms with Crippen LogP contribution in [0.15, 0.2) is 35.7 Å². The minimum absolute atomic E-state index is 0.0664. The third kappa shape index (κ3) is 4.49. The average molecular weight is 330 g/mol. The SMILES string of the molecule is C[NH+](CC(=O)Nc1ccc(Cl)cc1Cl)Cc1cccs1. The second-order valence-electron chi connectivity index (χ2n) is 4.56. The molecule has 0 spiro atoms. The highest BCUT2D eigenvalue weighted by Crippen LogP contribution is 2.25. The molecule has 6 heteroatoms. The summed E-state index contributed by atoms with van der Waals surface area (Å²) in [5, 5.41) is 5.83. The topological polar surface area (TPSA) is 33.5 Å². The zero-order valence-corrected chi connectivity index (χ0v) is 13.3. The molecule has 1 amide bonds. The van der Waals surface area contributed by atoms with E-state index in [2.05, 4.69) is 11.4 Å². The number of carbonyl (C=O) groups excluding carboxylic acids is 1. The van der Waals surface area contributed by atoms with Gasteiger partial charge in [-0.15, -0.1) is 11.3 Å². The molecule has 106 valence electrons. The van der Waals surface area contributed by atoms with Gasteiger partial charge in [0, 0.05) is 5.02 Å². The van der Waals surface area contributed by atoms with Crippen LogP contribution in [0.5, 0.6) is 0 Å². The number of anilines is 1. The lowest BCUT2D eigenvalue weighted by molar-refractivity contribution is -0.884. The molecule has 1 aromatic carbocycles. The fraction of sp³-hybridized carbons (Fsp3) is 0.214. The third-order valence-corrected chi connectivity index (χ3v) is 4.15. The summed E-state index contributed by atoms with van der Waals surface area (Å²) < 4.78 is 0. The molecule has 0 saturated heterocycles. The van der Waals surface area contributed by atoms with Gasteiger partial charge in [0.05, 0.1) is 22.6 Å². The van der Waals surface area contributed by atoms with Crippen LogP contribution in [-0.2, 0) is 11.3 Å². The lowest BCUT2D eigenvalue weighted by atomic mass is 10.3. The van der Waals surface area contributed by atoms with Crippen molar-refractivity contribution in [3.05, 3.63) is 50.6 Å². The highest BCUT2D eigenvalue weighted by atomic mass is 35.5. The Labute approximate surface area is 132 Å². The summed E-state index contributed by atoms with van der Waals surface area (Å²) in [6.07, 6.45) is 0. The first-order chi connectivity index (χ1) is 9.54. The second kappa shape index (κ2) is 7.09. The van der Waals surface area contributed by atoms with Gasteiger partial charge in [-0.25, -0.2) is 0 Å². The first kappa shape index (κ1) is 15.3. The molecule has 0 aliphatic rings. The third-order valence-electron chi connectivity index (χ3n) is 2.72. The van der Waals surface area contributed by atoms with E-state index in [1.165, 1.54) is 4.88 Å². The molecule has 1 aromatic heterocycles. The maximum Gasteiger partial charge on any atom is 0.279 e. The second-order valence-corrected chi connectivity index (χ2v) is 6.44. The molecule has 0 bridgehead atoms. The van der Waals surface area contributed by atoms with Crippen LogP contribution in [-0.4, -0.2) is 19.5 Å². The predicted octanol–water partition coefficient (Wildman–Crippen LogP) is 2.71. The van der Waals surface area contributed by atoms with Crippen molar-refractivity contribution >= 4 is 46.1 Å². The Morgan fingerprint density at radius 3 is 2.80 bits per heavy atom. The normalized spacial score (nSPS) is 12.2. The van der Waals surface area contributed by atoms with Gasteiger partial charge in [-0.05, 0) is 29.6 Å². The van der Waals surface area contributed by atoms with E-state index in [1.807, 2.05) is 18.5 Å². The van der Waals surface area contributed by atoms with Crippen LogP contribution in [0, 0.1) is 0 Å². The molecule has 20 heavy (non-hydrogen) atoms. The summed E-state index contributed by atoms with van der Waals surface area (Å²) >= 11 is 13.5. The summed E-state index contributed by atoms with van der Waals surface area (Å²) in [5.74, 6) is -0.0664. The number of quaternary nitrogens is 1. The molecule has 0 fully saturated rings. The predicted molar refractivity (Wildman–Crippen MR) is 84.9 cm³/mol. The van der Waals surface area contributed by atoms with Crippen molar-refractivity contribution in [1.29, 1.82) is 0 Å². The number of carbonyl (C=O) groups is 1. The highest BCUT2D eigenvalue weighted by molar-refractivity contribution is 7.09. The highest BCUT2D eigenvalue weighted by Gasteiger charge is 2.12. The van der Waals surface area contributed by atoms with E-state index in [0.717, 1.165) is 11.4 Å². The molecule has 0 radical (unpaired) electrons. The maximum absolute atomic E-state index is 12.0. The summed E-state index contributed by atoms with van der Waals surface area (Å²) in [6, 6.07) is 9.10. The Hall–Kier alpha value is -1.07. The maximum atomic E-state index is 12.0. The van der Waals surface area contributed by atoms with Crippen molar-refractivity contribution in [2.75, 3.05) is 18.9 Å². The van der Waals surface area contributed by atoms with Gasteiger partial charge < -0.3 is 10.2 Å². The number of hydrogen-bond acceptors (Lipinski definition) is 2. The van der Waals surface area contributed by atoms with Crippen molar-refractivity contribution < 1.29 is 9.69 Å². The number of thiophene rings is 1. The van der Waals surface area contributed by atoms with E-state index in [9.17, 15) is 4.79 Å². The van der Waals surface area contributed by atoms with Gasteiger partial charge in [0.15, 0.2) is 6.54 Å². The van der Waals surface area contributed by atoms with Crippen molar-refractivity contribution in [3.63, 3.8) is 0 Å². The fourth-order valence-corrected chi connectivity index (χ4v) is 3.11. The molecule has 2 rings (SSSR count). The van der Waals surface area contributed by atoms with Crippen LogP contribution >= 0.6 is 34.5 Å². The first-order valence-corrected chi connectivity index (χ1v) is 7.77. The summed E-state index contributed by atoms with van der Waals surface area (Å²) in [6.45, 7) is 1.22. The van der Waals surface area contributed by atoms with E-state index in [1.54, 1.807) is 29.5 Å². The molecule has 2 N–H and O–H groups in total. The number of hydrogen-bond donors (Lipinski definition) is 2. The van der Waals surface area contributed by atoms with Gasteiger partial charge in [0.1, 0.15) is 6.54 Å². The van der Waals surface area contributed by atoms with Crippen LogP contribution in [0.25, 0.3) is 0 Å². The Bertz CT molecular complexity index is 587.